The van der Waals surface area contributed by atoms with Crippen LogP contribution in [0.4, 0.5) is 45.5 Å². The summed E-state index contributed by atoms with van der Waals surface area (Å²) in [6.45, 7) is 40.9. The van der Waals surface area contributed by atoms with E-state index in [0.29, 0.717) is 112 Å². The van der Waals surface area contributed by atoms with E-state index in [-0.39, 0.29) is 130 Å². The van der Waals surface area contributed by atoms with Crippen LogP contribution in [-0.2, 0) is 73.2 Å². The molecule has 4 heterocycles. The van der Waals surface area contributed by atoms with Gasteiger partial charge in [-0.05, 0) is 199 Å². The van der Waals surface area contributed by atoms with Crippen molar-refractivity contribution >= 4 is 85.6 Å². The standard InChI is InChI=1S/C33H51N5O4S.C29H43N5O4S.C25H35N5O4S.C21H27N5O4S/c1-7-12-15-26(10-4)23-37(24-27(11-5)16-13-8-2)43(41,42)29-19-17-28(18-20-29)35-36-31-25(6)30(22-34)32(39)38(33(31)40)21-14-9-3;1-6-10-13-23(9-4)21-34-28(35)26(20-30)22(5)27(29(34)36)32-31-24-14-16-25(17-15-24)39(37,38)33(18-11-7-2)19-12-8-3;1-6-10-11-19(7-2)17-30-24(31)22(16-26)18(5)23(25(30)32)28-27-20-12-14-21(15-13-20)35(33,34)29(8-3)9-4;1-5-8-9-17-18(14-22)20(27)25(4)21(28)19(17)24-23-15-10-12-16(13-11-15)31(29,30)26(6-2)7-3/h17-20,26-27,39H,7-16,21,23-24H2,1-6H3;14-17,23,35H,6-13,18-19,21H2,1-5H3;12-15,19,31H,6-11,17H2,1-5H3;10-13,27H,5-9H2,1-4H3. The van der Waals surface area contributed by atoms with E-state index >= 15 is 0 Å². The number of pyridine rings is 4. The molecule has 0 bridgehead atoms. The Morgan fingerprint density at radius 3 is 0.851 bits per heavy atom. The van der Waals surface area contributed by atoms with Crippen LogP contribution in [-0.4, -0.2) is 142 Å². The van der Waals surface area contributed by atoms with Crippen molar-refractivity contribution in [2.24, 2.45) is 71.6 Å². The summed E-state index contributed by atoms with van der Waals surface area (Å²) in [5.74, 6) is -0.498. The predicted molar refractivity (Wildman–Crippen MR) is 580 cm³/mol. The molecule has 4 aromatic carbocycles. The van der Waals surface area contributed by atoms with E-state index in [0.717, 1.165) is 150 Å². The highest BCUT2D eigenvalue weighted by atomic mass is 32.2. The lowest BCUT2D eigenvalue weighted by Gasteiger charge is -2.30. The van der Waals surface area contributed by atoms with Gasteiger partial charge in [-0.1, -0.05) is 214 Å². The molecule has 0 spiro atoms. The topological polar surface area (TPSA) is 512 Å². The lowest BCUT2D eigenvalue weighted by Crippen LogP contribution is -2.39. The minimum atomic E-state index is -3.74. The first kappa shape index (κ1) is 126. The summed E-state index contributed by atoms with van der Waals surface area (Å²) in [6.07, 6.45) is 22.6. The number of azo groups is 4. The van der Waals surface area contributed by atoms with Crippen LogP contribution in [0.3, 0.4) is 0 Å². The highest BCUT2D eigenvalue weighted by molar-refractivity contribution is 7.90. The second kappa shape index (κ2) is 63.0. The molecule has 0 aliphatic rings. The fourth-order valence-corrected chi connectivity index (χ4v) is 22.6. The third-order valence-electron chi connectivity index (χ3n) is 26.4. The van der Waals surface area contributed by atoms with Gasteiger partial charge in [-0.25, -0.2) is 33.7 Å². The zero-order valence-corrected chi connectivity index (χ0v) is 93.5. The number of aromatic nitrogens is 4. The van der Waals surface area contributed by atoms with E-state index in [4.69, 9.17) is 0 Å². The monoisotopic (exact) mass is 2120 g/mol. The molecule has 808 valence electrons. The Labute approximate surface area is 876 Å². The fraction of sp³-hybridized carbons (Fsp3) is 0.556. The van der Waals surface area contributed by atoms with Crippen molar-refractivity contribution in [1.82, 2.24) is 35.5 Å². The number of aromatic hydroxyl groups is 4. The average molecular weight is 2120 g/mol. The number of unbranched alkanes of at least 4 members (excludes halogenated alkanes) is 8. The van der Waals surface area contributed by atoms with Gasteiger partial charge in [0.1, 0.15) is 46.5 Å². The third kappa shape index (κ3) is 33.9. The van der Waals surface area contributed by atoms with E-state index in [1.807, 2.05) is 65.8 Å². The van der Waals surface area contributed by atoms with Gasteiger partial charge in [0, 0.05) is 101 Å². The van der Waals surface area contributed by atoms with Crippen LogP contribution < -0.4 is 22.2 Å². The molecule has 148 heavy (non-hydrogen) atoms. The lowest BCUT2D eigenvalue weighted by atomic mass is 9.97. The highest BCUT2D eigenvalue weighted by Crippen LogP contribution is 2.37. The second-order valence-electron chi connectivity index (χ2n) is 36.7. The van der Waals surface area contributed by atoms with Crippen molar-refractivity contribution in [2.75, 3.05) is 52.4 Å². The first-order chi connectivity index (χ1) is 70.6. The Balaban J connectivity index is 0.000000349. The highest BCUT2D eigenvalue weighted by Gasteiger charge is 2.33. The van der Waals surface area contributed by atoms with E-state index in [9.17, 15) is 94.3 Å². The van der Waals surface area contributed by atoms with Crippen LogP contribution in [0, 0.1) is 89.8 Å². The maximum absolute atomic E-state index is 14.0. The predicted octanol–water partition coefficient (Wildman–Crippen LogP) is 24.5. The Bertz CT molecular complexity index is 6690. The van der Waals surface area contributed by atoms with Crippen molar-refractivity contribution in [2.45, 2.75) is 331 Å². The maximum Gasteiger partial charge on any atom is 0.281 e. The van der Waals surface area contributed by atoms with Gasteiger partial charge in [0.15, 0.2) is 22.7 Å². The van der Waals surface area contributed by atoms with Gasteiger partial charge in [-0.15, -0.1) is 20.5 Å². The zero-order valence-electron chi connectivity index (χ0n) is 90.3. The first-order valence-electron chi connectivity index (χ1n) is 52.1. The Hall–Kier alpha value is -12.1. The van der Waals surface area contributed by atoms with Gasteiger partial charge < -0.3 is 20.4 Å². The van der Waals surface area contributed by atoms with E-state index in [1.165, 1.54) is 89.8 Å². The molecular formula is C108H156N20O16S4. The van der Waals surface area contributed by atoms with Gasteiger partial charge in [-0.3, -0.25) is 37.4 Å². The molecule has 4 unspecified atom stereocenters. The van der Waals surface area contributed by atoms with Crippen molar-refractivity contribution < 1.29 is 54.1 Å². The zero-order chi connectivity index (χ0) is 110. The minimum absolute atomic E-state index is 0.00478. The van der Waals surface area contributed by atoms with Crippen LogP contribution in [0.2, 0.25) is 0 Å². The van der Waals surface area contributed by atoms with E-state index < -0.39 is 68.2 Å². The summed E-state index contributed by atoms with van der Waals surface area (Å²) in [5.41, 5.74) is 0.350. The molecule has 36 nitrogen and oxygen atoms in total. The molecule has 0 saturated heterocycles. The van der Waals surface area contributed by atoms with Crippen molar-refractivity contribution in [1.29, 1.82) is 21.0 Å². The largest absolute Gasteiger partial charge is 0.493 e. The Morgan fingerprint density at radius 1 is 0.311 bits per heavy atom. The Morgan fingerprint density at radius 2 is 0.574 bits per heavy atom. The van der Waals surface area contributed by atoms with Gasteiger partial charge in [0.25, 0.3) is 22.2 Å². The number of nitriles is 4. The molecule has 0 saturated carbocycles. The SMILES string of the molecule is CCCCC(CC)CN(CC(CC)CCCC)S(=O)(=O)c1ccc(N=Nc2c(C)c(C#N)c(O)n(CCCC)c2=O)cc1.CCCCC(CC)Cn1c(O)c(C#N)c(C)c(N=Nc2ccc(S(=O)(=O)N(CC)CC)cc2)c1=O.CCCCC(CC)Cn1c(O)c(C#N)c(C)c(N=Nc2ccc(S(=O)(=O)N(CCCC)CCCC)cc2)c1=O.CCCCc1c(C#N)c(O)n(C)c(=O)c1N=Nc1ccc(S(=O)(=O)N(CC)CC)cc1. The van der Waals surface area contributed by atoms with E-state index in [2.05, 4.69) is 82.5 Å². The van der Waals surface area contributed by atoms with Gasteiger partial charge in [0.2, 0.25) is 63.6 Å². The van der Waals surface area contributed by atoms with Gasteiger partial charge >= 0.3 is 0 Å². The summed E-state index contributed by atoms with van der Waals surface area (Å²) in [5, 5.41) is 113. The normalized spacial score (nSPS) is 12.8. The molecule has 0 fully saturated rings. The average Bonchev–Trinajstić information content (AvgIpc) is 0.785. The van der Waals surface area contributed by atoms with Crippen LogP contribution in [0.15, 0.2) is 177 Å². The molecule has 4 N–H and O–H groups in total. The summed E-state index contributed by atoms with van der Waals surface area (Å²) in [6, 6.07) is 32.0. The third-order valence-corrected chi connectivity index (χ3v) is 34.3. The number of hydrogen-bond acceptors (Lipinski definition) is 28. The number of sulfonamides is 4. The Kier molecular flexibility index (Phi) is 53.8. The van der Waals surface area contributed by atoms with Crippen LogP contribution in [0.1, 0.15) is 309 Å². The summed E-state index contributed by atoms with van der Waals surface area (Å²) in [4.78, 5) is 52.9. The number of nitrogens with zero attached hydrogens (tertiary/aromatic N) is 20. The summed E-state index contributed by atoms with van der Waals surface area (Å²) >= 11 is 0. The molecule has 0 radical (unpaired) electrons. The first-order valence-corrected chi connectivity index (χ1v) is 57.9. The lowest BCUT2D eigenvalue weighted by molar-refractivity contribution is 0.270. The smallest absolute Gasteiger partial charge is 0.281 e. The summed E-state index contributed by atoms with van der Waals surface area (Å²) < 4.78 is 115. The molecule has 8 aromatic rings. The summed E-state index contributed by atoms with van der Waals surface area (Å²) in [7, 11) is -13.2. The van der Waals surface area contributed by atoms with Gasteiger partial charge in [0.05, 0.1) is 42.3 Å². The number of rotatable bonds is 56. The molecular weight excluding hydrogens is 1960 g/mol. The molecule has 8 rings (SSSR count). The number of hydrogen-bond donors (Lipinski definition) is 4. The molecule has 4 aromatic heterocycles. The molecule has 40 heteroatoms. The molecule has 0 aliphatic heterocycles. The maximum atomic E-state index is 14.0. The van der Waals surface area contributed by atoms with Crippen LogP contribution in [0.5, 0.6) is 23.5 Å². The number of benzene rings is 4. The second-order valence-corrected chi connectivity index (χ2v) is 44.4. The van der Waals surface area contributed by atoms with Crippen LogP contribution >= 0.6 is 0 Å². The minimum Gasteiger partial charge on any atom is -0.493 e. The van der Waals surface area contributed by atoms with E-state index in [1.54, 1.807) is 89.2 Å². The molecule has 0 amide bonds. The fourth-order valence-electron chi connectivity index (χ4n) is 16.6. The molecule has 4 atom stereocenters. The van der Waals surface area contributed by atoms with Crippen molar-refractivity contribution in [3.05, 3.63) is 183 Å². The van der Waals surface area contributed by atoms with Crippen LogP contribution in [0.25, 0.3) is 0 Å². The molecule has 0 aliphatic carbocycles. The van der Waals surface area contributed by atoms with Gasteiger partial charge in [-0.2, -0.15) is 58.7 Å². The van der Waals surface area contributed by atoms with Crippen molar-refractivity contribution in [3.63, 3.8) is 0 Å². The quantitative estimate of drug-likeness (QED) is 0.0257. The van der Waals surface area contributed by atoms with Crippen molar-refractivity contribution in [3.8, 4) is 47.8 Å².